The summed E-state index contributed by atoms with van der Waals surface area (Å²) in [6.45, 7) is 4.06. The molecule has 1 heterocycles. The Bertz CT molecular complexity index is 696. The van der Waals surface area contributed by atoms with Gasteiger partial charge in [-0.25, -0.2) is 0 Å². The molecule has 0 spiro atoms. The summed E-state index contributed by atoms with van der Waals surface area (Å²) in [7, 11) is 0. The molecule has 2 aromatic carbocycles. The molecule has 3 rings (SSSR count). The van der Waals surface area contributed by atoms with Crippen molar-refractivity contribution in [3.63, 3.8) is 0 Å². The molecule has 118 valence electrons. The van der Waals surface area contributed by atoms with Crippen molar-refractivity contribution in [2.45, 2.75) is 26.4 Å². The maximum Gasteiger partial charge on any atom is 0.234 e. The lowest BCUT2D eigenvalue weighted by molar-refractivity contribution is -0.137. The molecular formula is C20H21NO2. The van der Waals surface area contributed by atoms with Gasteiger partial charge in [0.15, 0.2) is 0 Å². The lowest BCUT2D eigenvalue weighted by Gasteiger charge is -2.27. The number of rotatable bonds is 4. The van der Waals surface area contributed by atoms with E-state index in [-0.39, 0.29) is 23.7 Å². The van der Waals surface area contributed by atoms with Gasteiger partial charge >= 0.3 is 0 Å². The zero-order valence-corrected chi connectivity index (χ0v) is 13.5. The number of carbonyl (C=O) groups excluding carboxylic acids is 2. The van der Waals surface area contributed by atoms with Gasteiger partial charge in [-0.3, -0.25) is 9.59 Å². The van der Waals surface area contributed by atoms with E-state index in [1.54, 1.807) is 0 Å². The molecule has 0 N–H and O–H groups in total. The minimum atomic E-state index is -0.538. The van der Waals surface area contributed by atoms with Gasteiger partial charge < -0.3 is 4.90 Å². The maximum absolute atomic E-state index is 12.9. The molecule has 3 atom stereocenters. The van der Waals surface area contributed by atoms with Crippen molar-refractivity contribution in [3.05, 3.63) is 71.8 Å². The van der Waals surface area contributed by atoms with Crippen LogP contribution >= 0.6 is 0 Å². The first-order valence-corrected chi connectivity index (χ1v) is 7.99. The number of nitrogens with zero attached hydrogens (tertiary/aromatic N) is 1. The highest BCUT2D eigenvalue weighted by atomic mass is 16.2. The van der Waals surface area contributed by atoms with Crippen molar-refractivity contribution >= 4 is 11.7 Å². The summed E-state index contributed by atoms with van der Waals surface area (Å²) in [5, 5.41) is 0. The van der Waals surface area contributed by atoms with E-state index >= 15 is 0 Å². The van der Waals surface area contributed by atoms with Crippen molar-refractivity contribution in [1.82, 2.24) is 4.90 Å². The summed E-state index contributed by atoms with van der Waals surface area (Å²) in [6.07, 6.45) is 0. The Morgan fingerprint density at radius 3 is 2.13 bits per heavy atom. The Hall–Kier alpha value is -2.42. The number of benzene rings is 2. The maximum atomic E-state index is 12.9. The lowest BCUT2D eigenvalue weighted by atomic mass is 9.86. The average Bonchev–Trinajstić information content (AvgIpc) is 2.80. The summed E-state index contributed by atoms with van der Waals surface area (Å²) in [5.41, 5.74) is 2.17. The Morgan fingerprint density at radius 2 is 1.57 bits per heavy atom. The first kappa shape index (κ1) is 15.5. The molecule has 0 saturated carbocycles. The van der Waals surface area contributed by atoms with Gasteiger partial charge in [-0.1, -0.05) is 67.6 Å². The van der Waals surface area contributed by atoms with Crippen molar-refractivity contribution in [3.8, 4) is 0 Å². The van der Waals surface area contributed by atoms with E-state index in [2.05, 4.69) is 0 Å². The normalized spacial score (nSPS) is 24.0. The fourth-order valence-corrected chi connectivity index (χ4v) is 3.64. The molecule has 1 aliphatic heterocycles. The third-order valence-corrected chi connectivity index (χ3v) is 4.68. The van der Waals surface area contributed by atoms with E-state index in [1.165, 1.54) is 6.92 Å². The van der Waals surface area contributed by atoms with Crippen LogP contribution < -0.4 is 0 Å². The topological polar surface area (TPSA) is 37.4 Å². The second-order valence-electron chi connectivity index (χ2n) is 6.25. The molecule has 1 fully saturated rings. The highest BCUT2D eigenvalue weighted by molar-refractivity contribution is 6.02. The number of ketones is 1. The quantitative estimate of drug-likeness (QED) is 0.809. The predicted molar refractivity (Wildman–Crippen MR) is 89.5 cm³/mol. The molecule has 1 aliphatic rings. The lowest BCUT2D eigenvalue weighted by Crippen LogP contribution is -2.30. The van der Waals surface area contributed by atoms with Crippen molar-refractivity contribution in [2.24, 2.45) is 11.8 Å². The second kappa shape index (κ2) is 6.37. The van der Waals surface area contributed by atoms with Gasteiger partial charge in [-0.2, -0.15) is 0 Å². The Labute approximate surface area is 136 Å². The first-order valence-electron chi connectivity index (χ1n) is 7.99. The van der Waals surface area contributed by atoms with Crippen LogP contribution in [0.1, 0.15) is 31.0 Å². The molecule has 2 aromatic rings. The molecule has 0 aliphatic carbocycles. The molecule has 3 heteroatoms. The molecule has 1 saturated heterocycles. The molecule has 1 unspecified atom stereocenters. The molecule has 0 bridgehead atoms. The van der Waals surface area contributed by atoms with Gasteiger partial charge in [0.1, 0.15) is 11.7 Å². The van der Waals surface area contributed by atoms with E-state index in [0.717, 1.165) is 11.1 Å². The van der Waals surface area contributed by atoms with Crippen LogP contribution in [0.3, 0.4) is 0 Å². The molecular weight excluding hydrogens is 286 g/mol. The van der Waals surface area contributed by atoms with E-state index in [0.29, 0.717) is 6.54 Å². The molecule has 0 aromatic heterocycles. The minimum absolute atomic E-state index is 0.0221. The first-order chi connectivity index (χ1) is 11.1. The number of Topliss-reactive ketones (excluding diaryl/α,β-unsaturated/α-hetero) is 1. The van der Waals surface area contributed by atoms with E-state index in [1.807, 2.05) is 72.5 Å². The van der Waals surface area contributed by atoms with Crippen molar-refractivity contribution < 1.29 is 9.59 Å². The summed E-state index contributed by atoms with van der Waals surface area (Å²) in [6, 6.07) is 19.9. The van der Waals surface area contributed by atoms with Gasteiger partial charge in [0, 0.05) is 6.54 Å². The molecule has 1 amide bonds. The van der Waals surface area contributed by atoms with Crippen LogP contribution in [-0.2, 0) is 16.1 Å². The fourth-order valence-electron chi connectivity index (χ4n) is 3.64. The van der Waals surface area contributed by atoms with Crippen LogP contribution in [-0.4, -0.2) is 16.6 Å². The van der Waals surface area contributed by atoms with Crippen LogP contribution in [0.15, 0.2) is 60.7 Å². The predicted octanol–water partition coefficient (Wildman–Crippen LogP) is 3.61. The standard InChI is InChI=1S/C20H21NO2/c1-14-18(15(2)22)20(23)21(13-16-9-5-3-6-10-16)19(14)17-11-7-4-8-12-17/h3-12,14,18-19H,13H2,1-2H3/t14-,18+,19?/m0/s1. The average molecular weight is 307 g/mol. The van der Waals surface area contributed by atoms with Crippen LogP contribution in [0.25, 0.3) is 0 Å². The number of hydrogen-bond donors (Lipinski definition) is 0. The smallest absolute Gasteiger partial charge is 0.234 e. The van der Waals surface area contributed by atoms with E-state index < -0.39 is 5.92 Å². The monoisotopic (exact) mass is 307 g/mol. The van der Waals surface area contributed by atoms with Gasteiger partial charge in [-0.05, 0) is 24.0 Å². The highest BCUT2D eigenvalue weighted by Gasteiger charge is 2.48. The Morgan fingerprint density at radius 1 is 1.00 bits per heavy atom. The second-order valence-corrected chi connectivity index (χ2v) is 6.25. The molecule has 0 radical (unpaired) electrons. The molecule has 23 heavy (non-hydrogen) atoms. The third kappa shape index (κ3) is 2.91. The third-order valence-electron chi connectivity index (χ3n) is 4.68. The summed E-state index contributed by atoms with van der Waals surface area (Å²) < 4.78 is 0. The van der Waals surface area contributed by atoms with Crippen LogP contribution in [0.5, 0.6) is 0 Å². The zero-order chi connectivity index (χ0) is 16.4. The Kier molecular flexibility index (Phi) is 4.28. The largest absolute Gasteiger partial charge is 0.330 e. The molecule has 3 nitrogen and oxygen atoms in total. The van der Waals surface area contributed by atoms with Gasteiger partial charge in [0.25, 0.3) is 0 Å². The van der Waals surface area contributed by atoms with Gasteiger partial charge in [0.05, 0.1) is 6.04 Å². The minimum Gasteiger partial charge on any atom is -0.330 e. The van der Waals surface area contributed by atoms with E-state index in [4.69, 9.17) is 0 Å². The Balaban J connectivity index is 1.98. The number of amides is 1. The fraction of sp³-hybridized carbons (Fsp3) is 0.300. The van der Waals surface area contributed by atoms with Crippen LogP contribution in [0.4, 0.5) is 0 Å². The summed E-state index contributed by atoms with van der Waals surface area (Å²) >= 11 is 0. The van der Waals surface area contributed by atoms with E-state index in [9.17, 15) is 9.59 Å². The van der Waals surface area contributed by atoms with Crippen molar-refractivity contribution in [1.29, 1.82) is 0 Å². The number of carbonyl (C=O) groups is 2. The number of likely N-dealkylation sites (tertiary alicyclic amines) is 1. The zero-order valence-electron chi connectivity index (χ0n) is 13.5. The highest BCUT2D eigenvalue weighted by Crippen LogP contribution is 2.42. The van der Waals surface area contributed by atoms with Crippen LogP contribution in [0.2, 0.25) is 0 Å². The summed E-state index contributed by atoms with van der Waals surface area (Å²) in [5.74, 6) is -0.656. The van der Waals surface area contributed by atoms with Crippen molar-refractivity contribution in [2.75, 3.05) is 0 Å². The number of hydrogen-bond acceptors (Lipinski definition) is 2. The SMILES string of the molecule is CC(=O)[C@@H]1C(=O)N(Cc2ccccc2)C(c2ccccc2)[C@H]1C. The summed E-state index contributed by atoms with van der Waals surface area (Å²) in [4.78, 5) is 26.7. The van der Waals surface area contributed by atoms with Gasteiger partial charge in [-0.15, -0.1) is 0 Å². The van der Waals surface area contributed by atoms with Gasteiger partial charge in [0.2, 0.25) is 5.91 Å². The van der Waals surface area contributed by atoms with Crippen LogP contribution in [0, 0.1) is 11.8 Å².